The van der Waals surface area contributed by atoms with Gasteiger partial charge in [0.1, 0.15) is 5.82 Å². The van der Waals surface area contributed by atoms with Crippen LogP contribution >= 0.6 is 0 Å². The molecule has 0 spiro atoms. The third kappa shape index (κ3) is 5.80. The molecule has 0 saturated heterocycles. The molecule has 1 aromatic heterocycles. The molecule has 1 aromatic carbocycles. The van der Waals surface area contributed by atoms with Gasteiger partial charge in [0.2, 0.25) is 5.91 Å². The van der Waals surface area contributed by atoms with Gasteiger partial charge in [-0.25, -0.2) is 4.98 Å². The molecule has 0 fully saturated rings. The van der Waals surface area contributed by atoms with Gasteiger partial charge in [0, 0.05) is 23.7 Å². The number of nitrogens with one attached hydrogen (secondary N) is 2. The minimum Gasteiger partial charge on any atom is -0.348 e. The van der Waals surface area contributed by atoms with Gasteiger partial charge in [-0.3, -0.25) is 9.59 Å². The molecule has 5 nitrogen and oxygen atoms in total. The van der Waals surface area contributed by atoms with Crippen molar-refractivity contribution in [1.82, 2.24) is 10.3 Å². The van der Waals surface area contributed by atoms with Gasteiger partial charge in [0.05, 0.1) is 5.56 Å². The molecule has 28 heavy (non-hydrogen) atoms. The fraction of sp³-hybridized carbons (Fsp3) is 0.350. The first kappa shape index (κ1) is 21.4. The fourth-order valence-corrected chi connectivity index (χ4v) is 2.55. The van der Waals surface area contributed by atoms with Crippen LogP contribution in [0.15, 0.2) is 30.3 Å². The van der Waals surface area contributed by atoms with Crippen LogP contribution in [-0.2, 0) is 17.5 Å². The number of aromatic nitrogens is 1. The summed E-state index contributed by atoms with van der Waals surface area (Å²) in [5.41, 5.74) is 0.837. The second kappa shape index (κ2) is 8.41. The van der Waals surface area contributed by atoms with E-state index in [4.69, 9.17) is 0 Å². The average molecular weight is 393 g/mol. The first-order valence-electron chi connectivity index (χ1n) is 8.71. The molecule has 2 rings (SSSR count). The van der Waals surface area contributed by atoms with Crippen molar-refractivity contribution in [1.29, 1.82) is 0 Å². The molecule has 0 unspecified atom stereocenters. The smallest absolute Gasteiger partial charge is 0.348 e. The normalized spacial score (nSPS) is 11.4. The largest absolute Gasteiger partial charge is 0.416 e. The van der Waals surface area contributed by atoms with Crippen molar-refractivity contribution in [3.05, 3.63) is 58.3 Å². The average Bonchev–Trinajstić information content (AvgIpc) is 2.57. The van der Waals surface area contributed by atoms with Crippen LogP contribution in [0.4, 0.5) is 19.0 Å². The number of anilines is 1. The molecule has 0 aliphatic heterocycles. The van der Waals surface area contributed by atoms with Crippen molar-refractivity contribution in [3.63, 3.8) is 0 Å². The molecule has 0 aliphatic carbocycles. The highest BCUT2D eigenvalue weighted by Gasteiger charge is 2.30. The summed E-state index contributed by atoms with van der Waals surface area (Å²) in [5, 5.41) is 5.23. The summed E-state index contributed by atoms with van der Waals surface area (Å²) >= 11 is 0. The number of halogens is 3. The molecule has 8 heteroatoms. The van der Waals surface area contributed by atoms with Gasteiger partial charge in [-0.1, -0.05) is 25.5 Å². The predicted octanol–water partition coefficient (Wildman–Crippen LogP) is 4.24. The number of hydrogen-bond donors (Lipinski definition) is 2. The Hall–Kier alpha value is -2.90. The molecule has 0 bridgehead atoms. The molecule has 0 aliphatic rings. The lowest BCUT2D eigenvalue weighted by atomic mass is 10.1. The lowest BCUT2D eigenvalue weighted by Crippen LogP contribution is -2.24. The molecule has 0 atom stereocenters. The van der Waals surface area contributed by atoms with Crippen LogP contribution in [-0.4, -0.2) is 16.8 Å². The van der Waals surface area contributed by atoms with Gasteiger partial charge in [0.25, 0.3) is 5.91 Å². The Morgan fingerprint density at radius 2 is 1.75 bits per heavy atom. The van der Waals surface area contributed by atoms with E-state index in [0.29, 0.717) is 16.8 Å². The number of amides is 2. The Morgan fingerprint density at radius 1 is 1.07 bits per heavy atom. The second-order valence-electron chi connectivity index (χ2n) is 6.91. The van der Waals surface area contributed by atoms with Crippen LogP contribution in [0.1, 0.15) is 46.6 Å². The summed E-state index contributed by atoms with van der Waals surface area (Å²) in [4.78, 5) is 28.4. The van der Waals surface area contributed by atoms with E-state index in [2.05, 4.69) is 15.6 Å². The van der Waals surface area contributed by atoms with Gasteiger partial charge in [-0.2, -0.15) is 13.2 Å². The third-order valence-electron chi connectivity index (χ3n) is 3.91. The van der Waals surface area contributed by atoms with E-state index in [1.54, 1.807) is 33.8 Å². The summed E-state index contributed by atoms with van der Waals surface area (Å²) < 4.78 is 38.8. The molecular formula is C20H22F3N3O2. The first-order chi connectivity index (χ1) is 13.0. The number of carbonyl (C=O) groups excluding carboxylic acids is 2. The molecule has 1 heterocycles. The number of pyridine rings is 1. The Morgan fingerprint density at radius 3 is 2.36 bits per heavy atom. The second-order valence-corrected chi connectivity index (χ2v) is 6.91. The minimum absolute atomic E-state index is 0.0569. The van der Waals surface area contributed by atoms with E-state index in [9.17, 15) is 22.8 Å². The Balaban J connectivity index is 2.14. The molecule has 0 saturated carbocycles. The lowest BCUT2D eigenvalue weighted by molar-refractivity contribution is -0.137. The number of aryl methyl sites for hydroxylation is 2. The van der Waals surface area contributed by atoms with Gasteiger partial charge in [-0.05, 0) is 43.7 Å². The van der Waals surface area contributed by atoms with Gasteiger partial charge < -0.3 is 10.6 Å². The molecule has 150 valence electrons. The zero-order valence-corrected chi connectivity index (χ0v) is 16.1. The third-order valence-corrected chi connectivity index (χ3v) is 3.91. The highest BCUT2D eigenvalue weighted by molar-refractivity contribution is 5.97. The van der Waals surface area contributed by atoms with Crippen molar-refractivity contribution < 1.29 is 22.8 Å². The number of carbonyl (C=O) groups is 2. The monoisotopic (exact) mass is 393 g/mol. The number of alkyl halides is 3. The predicted molar refractivity (Wildman–Crippen MR) is 99.8 cm³/mol. The topological polar surface area (TPSA) is 71.1 Å². The van der Waals surface area contributed by atoms with Crippen LogP contribution < -0.4 is 10.6 Å². The number of nitrogens with zero attached hydrogens (tertiary/aromatic N) is 1. The van der Waals surface area contributed by atoms with E-state index < -0.39 is 17.6 Å². The first-order valence-corrected chi connectivity index (χ1v) is 8.71. The minimum atomic E-state index is -4.45. The zero-order chi connectivity index (χ0) is 21.1. The van der Waals surface area contributed by atoms with Crippen LogP contribution in [0.2, 0.25) is 0 Å². The zero-order valence-electron chi connectivity index (χ0n) is 16.1. The molecule has 2 amide bonds. The van der Waals surface area contributed by atoms with E-state index in [1.807, 2.05) is 0 Å². The Bertz CT molecular complexity index is 893. The van der Waals surface area contributed by atoms with Crippen molar-refractivity contribution >= 4 is 17.6 Å². The quantitative estimate of drug-likeness (QED) is 0.798. The standard InChI is InChI=1S/C20H22F3N3O2/c1-11(2)18(27)26-17-9-15(7-13(4)25-17)19(28)24-10-14-5-12(3)6-16(8-14)20(21,22)23/h5-9,11H,10H2,1-4H3,(H,24,28)(H,25,26,27). The Labute approximate surface area is 161 Å². The van der Waals surface area contributed by atoms with E-state index in [-0.39, 0.29) is 29.8 Å². The van der Waals surface area contributed by atoms with Gasteiger partial charge in [-0.15, -0.1) is 0 Å². The fourth-order valence-electron chi connectivity index (χ4n) is 2.55. The van der Waals surface area contributed by atoms with Crippen molar-refractivity contribution in [2.75, 3.05) is 5.32 Å². The number of rotatable bonds is 5. The van der Waals surface area contributed by atoms with E-state index in [1.165, 1.54) is 12.1 Å². The SMILES string of the molecule is Cc1cc(CNC(=O)c2cc(C)nc(NC(=O)C(C)C)c2)cc(C(F)(F)F)c1. The Kier molecular flexibility index (Phi) is 6.43. The van der Waals surface area contributed by atoms with E-state index in [0.717, 1.165) is 12.1 Å². The summed E-state index contributed by atoms with van der Waals surface area (Å²) in [6.45, 7) is 6.65. The highest BCUT2D eigenvalue weighted by atomic mass is 19.4. The van der Waals surface area contributed by atoms with Gasteiger partial charge >= 0.3 is 6.18 Å². The summed E-state index contributed by atoms with van der Waals surface area (Å²) in [5.74, 6) is -0.702. The van der Waals surface area contributed by atoms with Crippen molar-refractivity contribution in [2.45, 2.75) is 40.4 Å². The molecule has 2 aromatic rings. The molecule has 0 radical (unpaired) electrons. The molecular weight excluding hydrogens is 371 g/mol. The van der Waals surface area contributed by atoms with Crippen molar-refractivity contribution in [3.8, 4) is 0 Å². The molecule has 2 N–H and O–H groups in total. The maximum atomic E-state index is 12.9. The van der Waals surface area contributed by atoms with Crippen LogP contribution in [0.5, 0.6) is 0 Å². The van der Waals surface area contributed by atoms with E-state index >= 15 is 0 Å². The van der Waals surface area contributed by atoms with Crippen LogP contribution in [0.25, 0.3) is 0 Å². The summed E-state index contributed by atoms with van der Waals surface area (Å²) in [6, 6.07) is 6.62. The summed E-state index contributed by atoms with van der Waals surface area (Å²) in [6.07, 6.45) is -4.45. The highest BCUT2D eigenvalue weighted by Crippen LogP contribution is 2.30. The maximum Gasteiger partial charge on any atom is 0.416 e. The number of benzene rings is 1. The van der Waals surface area contributed by atoms with Gasteiger partial charge in [0.15, 0.2) is 0 Å². The lowest BCUT2D eigenvalue weighted by Gasteiger charge is -2.12. The van der Waals surface area contributed by atoms with Crippen molar-refractivity contribution in [2.24, 2.45) is 5.92 Å². The summed E-state index contributed by atoms with van der Waals surface area (Å²) in [7, 11) is 0. The van der Waals surface area contributed by atoms with Crippen LogP contribution in [0.3, 0.4) is 0 Å². The van der Waals surface area contributed by atoms with Crippen LogP contribution in [0, 0.1) is 19.8 Å². The number of hydrogen-bond acceptors (Lipinski definition) is 3. The maximum absolute atomic E-state index is 12.9.